The van der Waals surface area contributed by atoms with Gasteiger partial charge in [0, 0.05) is 5.54 Å². The van der Waals surface area contributed by atoms with Crippen molar-refractivity contribution in [2.75, 3.05) is 6.54 Å². The van der Waals surface area contributed by atoms with Crippen molar-refractivity contribution in [2.45, 2.75) is 57.1 Å². The van der Waals surface area contributed by atoms with Gasteiger partial charge in [-0.2, -0.15) is 0 Å². The summed E-state index contributed by atoms with van der Waals surface area (Å²) < 4.78 is 5.92. The van der Waals surface area contributed by atoms with Gasteiger partial charge in [0.25, 0.3) is 0 Å². The van der Waals surface area contributed by atoms with Gasteiger partial charge in [0.2, 0.25) is 0 Å². The second-order valence-corrected chi connectivity index (χ2v) is 5.71. The number of hydrogen-bond donors (Lipinski definition) is 1. The lowest BCUT2D eigenvalue weighted by atomic mass is 9.84. The maximum Gasteiger partial charge on any atom is 0.120 e. The molecule has 1 heterocycles. The summed E-state index contributed by atoms with van der Waals surface area (Å²) in [6.07, 6.45) is 7.92. The Morgan fingerprint density at radius 1 is 1.39 bits per heavy atom. The molecule has 1 aliphatic heterocycles. The molecule has 1 aromatic carbocycles. The molecule has 0 bridgehead atoms. The molecule has 0 radical (unpaired) electrons. The highest BCUT2D eigenvalue weighted by molar-refractivity contribution is 5.34. The fourth-order valence-electron chi connectivity index (χ4n) is 3.08. The third-order valence-electron chi connectivity index (χ3n) is 4.13. The van der Waals surface area contributed by atoms with E-state index in [2.05, 4.69) is 36.5 Å². The second-order valence-electron chi connectivity index (χ2n) is 5.71. The minimum Gasteiger partial charge on any atom is -0.490 e. The Labute approximate surface area is 110 Å². The van der Waals surface area contributed by atoms with Gasteiger partial charge in [-0.25, -0.2) is 0 Å². The molecule has 1 saturated carbocycles. The number of benzene rings is 1. The standard InChI is InChI=1S/C16H23NO/c1-2-9-16(10-4-11-17-16)13-5-3-6-15(12-13)18-14-7-8-14/h3,5-6,12,14,17H,2,4,7-11H2,1H3. The molecule has 0 amide bonds. The third-order valence-corrected chi connectivity index (χ3v) is 4.13. The molecule has 98 valence electrons. The fraction of sp³-hybridized carbons (Fsp3) is 0.625. The van der Waals surface area contributed by atoms with E-state index in [-0.39, 0.29) is 5.54 Å². The molecule has 1 saturated heterocycles. The normalized spacial score (nSPS) is 27.4. The van der Waals surface area contributed by atoms with Crippen LogP contribution in [0, 0.1) is 0 Å². The maximum atomic E-state index is 5.92. The van der Waals surface area contributed by atoms with Crippen LogP contribution in [-0.2, 0) is 5.54 Å². The summed E-state index contributed by atoms with van der Waals surface area (Å²) in [4.78, 5) is 0. The molecular weight excluding hydrogens is 222 g/mol. The summed E-state index contributed by atoms with van der Waals surface area (Å²) in [7, 11) is 0. The summed E-state index contributed by atoms with van der Waals surface area (Å²) >= 11 is 0. The van der Waals surface area contributed by atoms with Gasteiger partial charge in [-0.05, 0) is 56.3 Å². The van der Waals surface area contributed by atoms with Crippen molar-refractivity contribution in [1.82, 2.24) is 5.32 Å². The highest BCUT2D eigenvalue weighted by Gasteiger charge is 2.34. The topological polar surface area (TPSA) is 21.3 Å². The van der Waals surface area contributed by atoms with E-state index in [4.69, 9.17) is 4.74 Å². The maximum absolute atomic E-state index is 5.92. The van der Waals surface area contributed by atoms with Crippen LogP contribution in [0.2, 0.25) is 0 Å². The Hall–Kier alpha value is -1.02. The molecule has 1 aliphatic carbocycles. The van der Waals surface area contributed by atoms with E-state index in [0.717, 1.165) is 12.3 Å². The average Bonchev–Trinajstić information content (AvgIpc) is 3.06. The summed E-state index contributed by atoms with van der Waals surface area (Å²) in [6, 6.07) is 8.75. The van der Waals surface area contributed by atoms with E-state index in [0.29, 0.717) is 6.10 Å². The van der Waals surface area contributed by atoms with Crippen LogP contribution in [-0.4, -0.2) is 12.6 Å². The van der Waals surface area contributed by atoms with E-state index in [9.17, 15) is 0 Å². The summed E-state index contributed by atoms with van der Waals surface area (Å²) in [6.45, 7) is 3.42. The van der Waals surface area contributed by atoms with Gasteiger partial charge in [-0.3, -0.25) is 0 Å². The monoisotopic (exact) mass is 245 g/mol. The molecule has 3 rings (SSSR count). The lowest BCUT2D eigenvalue weighted by molar-refractivity contribution is 0.299. The van der Waals surface area contributed by atoms with Crippen molar-refractivity contribution in [1.29, 1.82) is 0 Å². The van der Waals surface area contributed by atoms with E-state index in [1.165, 1.54) is 44.1 Å². The number of rotatable bonds is 5. The molecule has 0 spiro atoms. The van der Waals surface area contributed by atoms with Crippen LogP contribution < -0.4 is 10.1 Å². The first kappa shape index (κ1) is 12.0. The summed E-state index contributed by atoms with van der Waals surface area (Å²) in [5.74, 6) is 1.05. The lowest BCUT2D eigenvalue weighted by Crippen LogP contribution is -2.36. The largest absolute Gasteiger partial charge is 0.490 e. The zero-order valence-corrected chi connectivity index (χ0v) is 11.2. The zero-order chi connectivity index (χ0) is 12.4. The molecule has 2 fully saturated rings. The van der Waals surface area contributed by atoms with Crippen LogP contribution in [0.5, 0.6) is 5.75 Å². The Bertz CT molecular complexity index is 405. The molecule has 1 aromatic rings. The first-order valence-corrected chi connectivity index (χ1v) is 7.35. The molecular formula is C16H23NO. The highest BCUT2D eigenvalue weighted by atomic mass is 16.5. The second kappa shape index (κ2) is 4.93. The quantitative estimate of drug-likeness (QED) is 0.855. The Morgan fingerprint density at radius 3 is 2.94 bits per heavy atom. The number of ether oxygens (including phenoxy) is 1. The first-order valence-electron chi connectivity index (χ1n) is 7.35. The van der Waals surface area contributed by atoms with Crippen molar-refractivity contribution in [3.8, 4) is 5.75 Å². The molecule has 2 nitrogen and oxygen atoms in total. The van der Waals surface area contributed by atoms with E-state index in [1.807, 2.05) is 0 Å². The number of hydrogen-bond acceptors (Lipinski definition) is 2. The van der Waals surface area contributed by atoms with Crippen LogP contribution in [0.25, 0.3) is 0 Å². The number of nitrogens with one attached hydrogen (secondary N) is 1. The van der Waals surface area contributed by atoms with Crippen molar-refractivity contribution >= 4 is 0 Å². The van der Waals surface area contributed by atoms with E-state index < -0.39 is 0 Å². The van der Waals surface area contributed by atoms with Gasteiger partial charge in [-0.15, -0.1) is 0 Å². The van der Waals surface area contributed by atoms with Crippen molar-refractivity contribution in [2.24, 2.45) is 0 Å². The SMILES string of the molecule is CCCC1(c2cccc(OC3CC3)c2)CCCN1. The van der Waals surface area contributed by atoms with Gasteiger partial charge in [0.15, 0.2) is 0 Å². The van der Waals surface area contributed by atoms with Crippen LogP contribution in [0.4, 0.5) is 0 Å². The average molecular weight is 245 g/mol. The molecule has 1 atom stereocenters. The predicted octanol–water partition coefficient (Wildman–Crippen LogP) is 3.61. The smallest absolute Gasteiger partial charge is 0.120 e. The molecule has 18 heavy (non-hydrogen) atoms. The van der Waals surface area contributed by atoms with Gasteiger partial charge in [-0.1, -0.05) is 25.5 Å². The predicted molar refractivity (Wildman–Crippen MR) is 73.9 cm³/mol. The molecule has 1 unspecified atom stereocenters. The van der Waals surface area contributed by atoms with E-state index in [1.54, 1.807) is 0 Å². The highest BCUT2D eigenvalue weighted by Crippen LogP contribution is 2.37. The molecule has 2 aliphatic rings. The Balaban J connectivity index is 1.83. The van der Waals surface area contributed by atoms with Crippen molar-refractivity contribution in [3.05, 3.63) is 29.8 Å². The van der Waals surface area contributed by atoms with Gasteiger partial charge in [0.1, 0.15) is 5.75 Å². The van der Waals surface area contributed by atoms with Gasteiger partial charge < -0.3 is 10.1 Å². The van der Waals surface area contributed by atoms with Crippen molar-refractivity contribution in [3.63, 3.8) is 0 Å². The van der Waals surface area contributed by atoms with Crippen LogP contribution >= 0.6 is 0 Å². The fourth-order valence-corrected chi connectivity index (χ4v) is 3.08. The minimum atomic E-state index is 0.206. The Morgan fingerprint density at radius 2 is 2.28 bits per heavy atom. The summed E-state index contributed by atoms with van der Waals surface area (Å²) in [5, 5.41) is 3.73. The van der Waals surface area contributed by atoms with Crippen molar-refractivity contribution < 1.29 is 4.74 Å². The Kier molecular flexibility index (Phi) is 3.29. The van der Waals surface area contributed by atoms with Crippen LogP contribution in [0.3, 0.4) is 0 Å². The van der Waals surface area contributed by atoms with Crippen LogP contribution in [0.15, 0.2) is 24.3 Å². The van der Waals surface area contributed by atoms with Gasteiger partial charge >= 0.3 is 0 Å². The lowest BCUT2D eigenvalue weighted by Gasteiger charge is -2.30. The van der Waals surface area contributed by atoms with E-state index >= 15 is 0 Å². The molecule has 2 heteroatoms. The first-order chi connectivity index (χ1) is 8.82. The zero-order valence-electron chi connectivity index (χ0n) is 11.2. The minimum absolute atomic E-state index is 0.206. The third kappa shape index (κ3) is 2.39. The van der Waals surface area contributed by atoms with Crippen LogP contribution in [0.1, 0.15) is 51.0 Å². The molecule has 1 N–H and O–H groups in total. The summed E-state index contributed by atoms with van der Waals surface area (Å²) in [5.41, 5.74) is 1.62. The molecule has 0 aromatic heterocycles. The van der Waals surface area contributed by atoms with Gasteiger partial charge in [0.05, 0.1) is 6.10 Å².